The van der Waals surface area contributed by atoms with E-state index in [1.54, 1.807) is 22.1 Å². The summed E-state index contributed by atoms with van der Waals surface area (Å²) in [5, 5.41) is 23.7. The van der Waals surface area contributed by atoms with Gasteiger partial charge in [-0.05, 0) is 52.9 Å². The molecule has 0 atom stereocenters. The number of aryl methyl sites for hydroxylation is 2. The SMILES string of the molecule is Nc1ccc(-c2ccsc2)cc1NC(=O)CCc1cn(CCCCCC(=O)O)nn1. The van der Waals surface area contributed by atoms with E-state index < -0.39 is 5.97 Å². The molecule has 0 fully saturated rings. The number of nitrogens with two attached hydrogens (primary N) is 1. The second-order valence-electron chi connectivity index (χ2n) is 7.04. The lowest BCUT2D eigenvalue weighted by molar-refractivity contribution is -0.137. The third kappa shape index (κ3) is 6.41. The number of nitrogen functional groups attached to an aromatic ring is 1. The van der Waals surface area contributed by atoms with Crippen LogP contribution in [-0.2, 0) is 22.6 Å². The molecule has 0 unspecified atom stereocenters. The molecule has 0 spiro atoms. The van der Waals surface area contributed by atoms with Crippen LogP contribution in [0.15, 0.2) is 41.2 Å². The quantitative estimate of drug-likeness (QED) is 0.316. The van der Waals surface area contributed by atoms with Gasteiger partial charge in [-0.2, -0.15) is 11.3 Å². The van der Waals surface area contributed by atoms with Crippen LogP contribution in [0.4, 0.5) is 11.4 Å². The molecule has 0 aliphatic heterocycles. The lowest BCUT2D eigenvalue weighted by Gasteiger charge is -2.10. The first-order valence-corrected chi connectivity index (χ1v) is 10.8. The molecule has 0 bridgehead atoms. The van der Waals surface area contributed by atoms with Crippen molar-refractivity contribution in [3.63, 3.8) is 0 Å². The number of carboxylic acids is 1. The number of aliphatic carboxylic acids is 1. The molecule has 158 valence electrons. The molecule has 0 saturated heterocycles. The number of thiophene rings is 1. The van der Waals surface area contributed by atoms with Gasteiger partial charge in [0.2, 0.25) is 5.91 Å². The minimum absolute atomic E-state index is 0.132. The maximum atomic E-state index is 12.4. The van der Waals surface area contributed by atoms with Gasteiger partial charge >= 0.3 is 5.97 Å². The van der Waals surface area contributed by atoms with Crippen molar-refractivity contribution >= 4 is 34.6 Å². The summed E-state index contributed by atoms with van der Waals surface area (Å²) in [5.41, 5.74) is 9.99. The predicted octanol–water partition coefficient (Wildman–Crippen LogP) is 3.81. The van der Waals surface area contributed by atoms with E-state index >= 15 is 0 Å². The Kier molecular flexibility index (Phi) is 7.56. The van der Waals surface area contributed by atoms with Gasteiger partial charge in [0.15, 0.2) is 0 Å². The largest absolute Gasteiger partial charge is 0.481 e. The number of carbonyl (C=O) groups is 2. The molecule has 9 heteroatoms. The van der Waals surface area contributed by atoms with Gasteiger partial charge in [0, 0.05) is 32.0 Å². The Morgan fingerprint density at radius 3 is 2.77 bits per heavy atom. The van der Waals surface area contributed by atoms with Crippen LogP contribution in [0.5, 0.6) is 0 Å². The van der Waals surface area contributed by atoms with Crippen molar-refractivity contribution in [1.29, 1.82) is 0 Å². The van der Waals surface area contributed by atoms with Gasteiger partial charge in [-0.15, -0.1) is 5.10 Å². The number of nitrogens with one attached hydrogen (secondary N) is 1. The maximum absolute atomic E-state index is 12.4. The number of aromatic nitrogens is 3. The number of carboxylic acid groups (broad SMARTS) is 1. The fourth-order valence-electron chi connectivity index (χ4n) is 3.02. The number of unbranched alkanes of at least 4 members (excludes halogenated alkanes) is 2. The summed E-state index contributed by atoms with van der Waals surface area (Å²) in [5.74, 6) is -0.899. The molecular weight excluding hydrogens is 402 g/mol. The molecule has 0 aliphatic carbocycles. The molecule has 8 nitrogen and oxygen atoms in total. The minimum Gasteiger partial charge on any atom is -0.481 e. The zero-order chi connectivity index (χ0) is 21.3. The van der Waals surface area contributed by atoms with Gasteiger partial charge in [0.05, 0.1) is 17.1 Å². The molecule has 3 aromatic rings. The second kappa shape index (κ2) is 10.5. The van der Waals surface area contributed by atoms with E-state index in [9.17, 15) is 9.59 Å². The Labute approximate surface area is 178 Å². The van der Waals surface area contributed by atoms with E-state index in [0.29, 0.717) is 30.8 Å². The van der Waals surface area contributed by atoms with Crippen LogP contribution in [0.3, 0.4) is 0 Å². The van der Waals surface area contributed by atoms with Crippen molar-refractivity contribution < 1.29 is 14.7 Å². The van der Waals surface area contributed by atoms with E-state index in [0.717, 1.165) is 29.7 Å². The molecule has 4 N–H and O–H groups in total. The van der Waals surface area contributed by atoms with Gasteiger partial charge in [-0.1, -0.05) is 17.7 Å². The van der Waals surface area contributed by atoms with Gasteiger partial charge < -0.3 is 16.2 Å². The fourth-order valence-corrected chi connectivity index (χ4v) is 3.68. The van der Waals surface area contributed by atoms with Crippen molar-refractivity contribution in [2.75, 3.05) is 11.1 Å². The number of hydrogen-bond acceptors (Lipinski definition) is 6. The van der Waals surface area contributed by atoms with E-state index in [1.807, 2.05) is 35.2 Å². The van der Waals surface area contributed by atoms with Crippen LogP contribution in [0.2, 0.25) is 0 Å². The molecule has 2 heterocycles. The molecule has 1 aromatic carbocycles. The molecule has 30 heavy (non-hydrogen) atoms. The normalized spacial score (nSPS) is 10.8. The van der Waals surface area contributed by atoms with Gasteiger partial charge in [-0.25, -0.2) is 0 Å². The van der Waals surface area contributed by atoms with E-state index in [4.69, 9.17) is 10.8 Å². The van der Waals surface area contributed by atoms with Crippen molar-refractivity contribution in [3.05, 3.63) is 46.9 Å². The summed E-state index contributed by atoms with van der Waals surface area (Å²) in [4.78, 5) is 22.9. The zero-order valence-electron chi connectivity index (χ0n) is 16.6. The Bertz CT molecular complexity index is 984. The Hall–Kier alpha value is -3.20. The van der Waals surface area contributed by atoms with Crippen LogP contribution in [0.25, 0.3) is 11.1 Å². The Morgan fingerprint density at radius 2 is 2.00 bits per heavy atom. The summed E-state index contributed by atoms with van der Waals surface area (Å²) in [7, 11) is 0. The van der Waals surface area contributed by atoms with E-state index in [-0.39, 0.29) is 18.7 Å². The Morgan fingerprint density at radius 1 is 1.13 bits per heavy atom. The molecule has 1 amide bonds. The first kappa shape index (κ1) is 21.5. The summed E-state index contributed by atoms with van der Waals surface area (Å²) in [6.07, 6.45) is 5.11. The third-order valence-corrected chi connectivity index (χ3v) is 5.34. The molecule has 0 radical (unpaired) electrons. The number of benzene rings is 1. The smallest absolute Gasteiger partial charge is 0.303 e. The number of rotatable bonds is 11. The molecule has 3 rings (SSSR count). The van der Waals surface area contributed by atoms with Crippen molar-refractivity contribution in [1.82, 2.24) is 15.0 Å². The first-order chi connectivity index (χ1) is 14.5. The van der Waals surface area contributed by atoms with Crippen molar-refractivity contribution in [2.24, 2.45) is 0 Å². The highest BCUT2D eigenvalue weighted by Gasteiger charge is 2.10. The lowest BCUT2D eigenvalue weighted by Crippen LogP contribution is -2.13. The summed E-state index contributed by atoms with van der Waals surface area (Å²) in [6, 6.07) is 7.64. The highest BCUT2D eigenvalue weighted by atomic mass is 32.1. The topological polar surface area (TPSA) is 123 Å². The third-order valence-electron chi connectivity index (χ3n) is 4.65. The second-order valence-corrected chi connectivity index (χ2v) is 7.82. The predicted molar refractivity (Wildman–Crippen MR) is 117 cm³/mol. The van der Waals surface area contributed by atoms with Crippen LogP contribution in [0.1, 0.15) is 37.8 Å². The standard InChI is InChI=1S/C21H25N5O3S/c22-18-7-5-15(16-9-11-30-14-16)12-19(18)23-20(27)8-6-17-13-26(25-24-17)10-3-1-2-4-21(28)29/h5,7,9,11-14H,1-4,6,8,10,22H2,(H,23,27)(H,28,29). The molecule has 0 saturated carbocycles. The average Bonchev–Trinajstić information content (AvgIpc) is 3.40. The highest BCUT2D eigenvalue weighted by molar-refractivity contribution is 7.08. The number of nitrogens with zero attached hydrogens (tertiary/aromatic N) is 3. The van der Waals surface area contributed by atoms with Crippen LogP contribution in [0, 0.1) is 0 Å². The van der Waals surface area contributed by atoms with E-state index in [2.05, 4.69) is 15.6 Å². The lowest BCUT2D eigenvalue weighted by atomic mass is 10.1. The van der Waals surface area contributed by atoms with Crippen molar-refractivity contribution in [2.45, 2.75) is 45.1 Å². The number of carbonyl (C=O) groups excluding carboxylic acids is 1. The van der Waals surface area contributed by atoms with Gasteiger partial charge in [0.1, 0.15) is 0 Å². The van der Waals surface area contributed by atoms with Gasteiger partial charge in [0.25, 0.3) is 0 Å². The van der Waals surface area contributed by atoms with Crippen LogP contribution < -0.4 is 11.1 Å². The molecule has 2 aromatic heterocycles. The summed E-state index contributed by atoms with van der Waals surface area (Å²) >= 11 is 1.62. The van der Waals surface area contributed by atoms with Crippen LogP contribution in [-0.4, -0.2) is 32.0 Å². The average molecular weight is 428 g/mol. The van der Waals surface area contributed by atoms with Crippen molar-refractivity contribution in [3.8, 4) is 11.1 Å². The summed E-state index contributed by atoms with van der Waals surface area (Å²) < 4.78 is 1.73. The number of amides is 1. The minimum atomic E-state index is -0.767. The van der Waals surface area contributed by atoms with Gasteiger partial charge in [-0.3, -0.25) is 14.3 Å². The maximum Gasteiger partial charge on any atom is 0.303 e. The number of anilines is 2. The first-order valence-electron chi connectivity index (χ1n) is 9.84. The zero-order valence-corrected chi connectivity index (χ0v) is 17.4. The molecule has 0 aliphatic rings. The fraction of sp³-hybridized carbons (Fsp3) is 0.333. The summed E-state index contributed by atoms with van der Waals surface area (Å²) in [6.45, 7) is 0.685. The monoisotopic (exact) mass is 427 g/mol. The Balaban J connectivity index is 1.46. The van der Waals surface area contributed by atoms with Crippen LogP contribution >= 0.6 is 11.3 Å². The number of hydrogen-bond donors (Lipinski definition) is 3. The van der Waals surface area contributed by atoms with E-state index in [1.165, 1.54) is 0 Å². The highest BCUT2D eigenvalue weighted by Crippen LogP contribution is 2.28. The molecular formula is C21H25N5O3S.